The highest BCUT2D eigenvalue weighted by atomic mass is 32.2. The summed E-state index contributed by atoms with van der Waals surface area (Å²) < 4.78 is 29.1. The van der Waals surface area contributed by atoms with Gasteiger partial charge in [0.05, 0.1) is 11.4 Å². The summed E-state index contributed by atoms with van der Waals surface area (Å²) in [6, 6.07) is 13.5. The van der Waals surface area contributed by atoms with Gasteiger partial charge in [0.15, 0.2) is 5.92 Å². The van der Waals surface area contributed by atoms with Crippen molar-refractivity contribution in [3.63, 3.8) is 0 Å². The van der Waals surface area contributed by atoms with Crippen LogP contribution in [0.5, 0.6) is 0 Å². The van der Waals surface area contributed by atoms with E-state index in [9.17, 15) is 22.8 Å². The summed E-state index contributed by atoms with van der Waals surface area (Å²) in [5, 5.41) is 2.82. The molecule has 2 aromatic carbocycles. The Bertz CT molecular complexity index is 1220. The molecule has 2 heterocycles. The highest BCUT2D eigenvalue weighted by Crippen LogP contribution is 2.32. The Labute approximate surface area is 185 Å². The number of benzene rings is 2. The van der Waals surface area contributed by atoms with Crippen LogP contribution in [-0.4, -0.2) is 43.5 Å². The fourth-order valence-electron chi connectivity index (χ4n) is 3.60. The van der Waals surface area contributed by atoms with Gasteiger partial charge in [0.2, 0.25) is 0 Å². The number of fused-ring (bicyclic) bond motifs is 1. The Hall–Kier alpha value is -3.53. The minimum Gasteiger partial charge on any atom is -0.341 e. The number of amides is 4. The first-order valence-corrected chi connectivity index (χ1v) is 11.6. The normalized spacial score (nSPS) is 20.2. The number of amidine groups is 1. The number of hydrogen-bond donors (Lipinski definition) is 1. The van der Waals surface area contributed by atoms with Gasteiger partial charge in [-0.25, -0.2) is 9.69 Å². The van der Waals surface area contributed by atoms with Crippen LogP contribution in [0.2, 0.25) is 0 Å². The molecule has 1 saturated heterocycles. The van der Waals surface area contributed by atoms with Gasteiger partial charge in [-0.15, -0.1) is 4.40 Å². The molecule has 0 radical (unpaired) electrons. The van der Waals surface area contributed by atoms with Crippen LogP contribution in [0.15, 0.2) is 63.9 Å². The van der Waals surface area contributed by atoms with E-state index in [4.69, 9.17) is 0 Å². The fraction of sp³-hybridized carbons (Fsp3) is 0.273. The topological polar surface area (TPSA) is 116 Å². The highest BCUT2D eigenvalue weighted by Gasteiger charge is 2.50. The number of sulfonamides is 1. The number of urea groups is 1. The van der Waals surface area contributed by atoms with Crippen LogP contribution in [0.4, 0.5) is 16.2 Å². The molecule has 32 heavy (non-hydrogen) atoms. The maximum Gasteiger partial charge on any atom is 0.338 e. The minimum atomic E-state index is -4.13. The Morgan fingerprint density at radius 1 is 0.969 bits per heavy atom. The van der Waals surface area contributed by atoms with E-state index in [1.807, 2.05) is 13.8 Å². The molecule has 2 aliphatic heterocycles. The van der Waals surface area contributed by atoms with Gasteiger partial charge < -0.3 is 5.32 Å². The van der Waals surface area contributed by atoms with Gasteiger partial charge in [0.1, 0.15) is 10.7 Å². The van der Waals surface area contributed by atoms with Crippen LogP contribution in [0, 0.1) is 11.8 Å². The molecule has 0 aliphatic carbocycles. The van der Waals surface area contributed by atoms with Crippen LogP contribution in [-0.2, 0) is 19.6 Å². The Morgan fingerprint density at radius 3 is 2.31 bits per heavy atom. The second-order valence-electron chi connectivity index (χ2n) is 7.97. The van der Waals surface area contributed by atoms with Crippen molar-refractivity contribution in [1.29, 1.82) is 0 Å². The number of barbiturate groups is 1. The standard InChI is InChI=1S/C22H22N4O5S/c1-14(2)12-13-25-20(27)18(21(28)26(22(25)29)15-8-4-3-5-9-15)19-23-16-10-6-7-11-17(16)32(30,31)24-19/h3-11,14,18H,12-13H2,1-2H3,(H,23,24). The largest absolute Gasteiger partial charge is 0.341 e. The molecule has 1 unspecified atom stereocenters. The third kappa shape index (κ3) is 3.77. The van der Waals surface area contributed by atoms with Crippen molar-refractivity contribution in [1.82, 2.24) is 4.90 Å². The molecule has 0 spiro atoms. The van der Waals surface area contributed by atoms with Crippen molar-refractivity contribution in [2.45, 2.75) is 25.2 Å². The molecule has 0 aromatic heterocycles. The third-order valence-electron chi connectivity index (χ3n) is 5.27. The maximum atomic E-state index is 13.4. The molecule has 1 fully saturated rings. The van der Waals surface area contributed by atoms with E-state index < -0.39 is 33.8 Å². The smallest absolute Gasteiger partial charge is 0.338 e. The quantitative estimate of drug-likeness (QED) is 0.695. The summed E-state index contributed by atoms with van der Waals surface area (Å²) in [5.74, 6) is -3.36. The van der Waals surface area contributed by atoms with Crippen LogP contribution < -0.4 is 10.2 Å². The number of hydrogen-bond acceptors (Lipinski definition) is 6. The number of carbonyl (C=O) groups is 3. The molecule has 0 bridgehead atoms. The summed E-state index contributed by atoms with van der Waals surface area (Å²) in [4.78, 5) is 41.7. The summed E-state index contributed by atoms with van der Waals surface area (Å²) in [7, 11) is -4.13. The molecule has 0 saturated carbocycles. The average Bonchev–Trinajstić information content (AvgIpc) is 2.74. The summed E-state index contributed by atoms with van der Waals surface area (Å²) in [6.45, 7) is 4.00. The van der Waals surface area contributed by atoms with Gasteiger partial charge in [0, 0.05) is 6.54 Å². The zero-order chi connectivity index (χ0) is 23.0. The van der Waals surface area contributed by atoms with E-state index in [0.717, 1.165) is 9.80 Å². The van der Waals surface area contributed by atoms with E-state index in [0.29, 0.717) is 6.42 Å². The predicted molar refractivity (Wildman–Crippen MR) is 119 cm³/mol. The lowest BCUT2D eigenvalue weighted by Crippen LogP contribution is -2.63. The number of nitrogens with zero attached hydrogens (tertiary/aromatic N) is 3. The minimum absolute atomic E-state index is 0.0490. The molecule has 4 amide bonds. The zero-order valence-electron chi connectivity index (χ0n) is 17.6. The van der Waals surface area contributed by atoms with Gasteiger partial charge in [-0.3, -0.25) is 14.5 Å². The molecule has 9 nitrogen and oxygen atoms in total. The van der Waals surface area contributed by atoms with Crippen molar-refractivity contribution in [2.75, 3.05) is 16.8 Å². The lowest BCUT2D eigenvalue weighted by Gasteiger charge is -2.38. The van der Waals surface area contributed by atoms with Gasteiger partial charge in [-0.1, -0.05) is 44.2 Å². The number of anilines is 2. The fourth-order valence-corrected chi connectivity index (χ4v) is 4.76. The molecule has 1 atom stereocenters. The number of para-hydroxylation sites is 2. The van der Waals surface area contributed by atoms with Gasteiger partial charge in [0.25, 0.3) is 21.8 Å². The molecular formula is C22H22N4O5S. The second kappa shape index (κ2) is 8.19. The van der Waals surface area contributed by atoms with Crippen molar-refractivity contribution >= 4 is 45.1 Å². The van der Waals surface area contributed by atoms with Gasteiger partial charge in [-0.2, -0.15) is 8.42 Å². The molecule has 2 aliphatic rings. The van der Waals surface area contributed by atoms with E-state index in [-0.39, 0.29) is 34.6 Å². The first-order chi connectivity index (χ1) is 15.2. The molecule has 4 rings (SSSR count). The van der Waals surface area contributed by atoms with E-state index >= 15 is 0 Å². The van der Waals surface area contributed by atoms with Crippen molar-refractivity contribution in [3.05, 3.63) is 54.6 Å². The summed E-state index contributed by atoms with van der Waals surface area (Å²) in [5.41, 5.74) is 0.504. The van der Waals surface area contributed by atoms with Crippen molar-refractivity contribution < 1.29 is 22.8 Å². The van der Waals surface area contributed by atoms with Crippen LogP contribution in [0.3, 0.4) is 0 Å². The van der Waals surface area contributed by atoms with Crippen molar-refractivity contribution in [2.24, 2.45) is 16.2 Å². The lowest BCUT2D eigenvalue weighted by atomic mass is 10.00. The SMILES string of the molecule is CC(C)CCN1C(=O)C(C2=NS(=O)(=O)c3ccccc3N2)C(=O)N(c2ccccc2)C1=O. The second-order valence-corrected chi connectivity index (χ2v) is 9.54. The highest BCUT2D eigenvalue weighted by molar-refractivity contribution is 7.90. The Kier molecular flexibility index (Phi) is 5.55. The number of rotatable bonds is 5. The van der Waals surface area contributed by atoms with Crippen LogP contribution in [0.1, 0.15) is 20.3 Å². The van der Waals surface area contributed by atoms with Gasteiger partial charge >= 0.3 is 6.03 Å². The number of carbonyl (C=O) groups excluding carboxylic acids is 3. The van der Waals surface area contributed by atoms with Gasteiger partial charge in [-0.05, 0) is 36.6 Å². The average molecular weight is 455 g/mol. The number of nitrogens with one attached hydrogen (secondary N) is 1. The molecular weight excluding hydrogens is 432 g/mol. The van der Waals surface area contributed by atoms with E-state index in [1.165, 1.54) is 12.1 Å². The van der Waals surface area contributed by atoms with Crippen LogP contribution in [0.25, 0.3) is 0 Å². The van der Waals surface area contributed by atoms with E-state index in [1.54, 1.807) is 42.5 Å². The first kappa shape index (κ1) is 21.7. The lowest BCUT2D eigenvalue weighted by molar-refractivity contribution is -0.138. The molecule has 10 heteroatoms. The first-order valence-electron chi connectivity index (χ1n) is 10.2. The van der Waals surface area contributed by atoms with E-state index in [2.05, 4.69) is 9.71 Å². The predicted octanol–water partition coefficient (Wildman–Crippen LogP) is 2.86. The maximum absolute atomic E-state index is 13.4. The Morgan fingerprint density at radius 2 is 1.62 bits per heavy atom. The summed E-state index contributed by atoms with van der Waals surface area (Å²) >= 11 is 0. The van der Waals surface area contributed by atoms with Crippen LogP contribution >= 0.6 is 0 Å². The third-order valence-corrected chi connectivity index (χ3v) is 6.62. The molecule has 166 valence electrons. The molecule has 1 N–H and O–H groups in total. The monoisotopic (exact) mass is 454 g/mol. The number of imide groups is 2. The molecule has 2 aromatic rings. The Balaban J connectivity index is 1.80. The summed E-state index contributed by atoms with van der Waals surface area (Å²) in [6.07, 6.45) is 0.530. The zero-order valence-corrected chi connectivity index (χ0v) is 18.4. The van der Waals surface area contributed by atoms with Crippen molar-refractivity contribution in [3.8, 4) is 0 Å².